The zero-order valence-corrected chi connectivity index (χ0v) is 19.3. The molecule has 6 rings (SSSR count). The molecule has 4 bridgehead atoms. The molecule has 0 saturated heterocycles. The smallest absolute Gasteiger partial charge is 0.234 e. The van der Waals surface area contributed by atoms with Gasteiger partial charge in [0.25, 0.3) is 0 Å². The van der Waals surface area contributed by atoms with Crippen molar-refractivity contribution in [3.63, 3.8) is 0 Å². The summed E-state index contributed by atoms with van der Waals surface area (Å²) in [5.74, 6) is 5.00. The number of nitrogens with one attached hydrogen (secondary N) is 1. The van der Waals surface area contributed by atoms with E-state index in [0.29, 0.717) is 11.2 Å². The molecular formula is C24H32N4O2S. The van der Waals surface area contributed by atoms with E-state index in [9.17, 15) is 4.79 Å². The first kappa shape index (κ1) is 20.9. The van der Waals surface area contributed by atoms with E-state index in [1.54, 1.807) is 7.11 Å². The lowest BCUT2D eigenvalue weighted by atomic mass is 9.49. The van der Waals surface area contributed by atoms with Crippen molar-refractivity contribution in [1.82, 2.24) is 14.8 Å². The Morgan fingerprint density at radius 1 is 1.13 bits per heavy atom. The van der Waals surface area contributed by atoms with Crippen LogP contribution in [0.4, 0.5) is 5.69 Å². The number of anilines is 1. The summed E-state index contributed by atoms with van der Waals surface area (Å²) in [6.45, 7) is 2.99. The van der Waals surface area contributed by atoms with E-state index in [4.69, 9.17) is 4.74 Å². The third-order valence-electron chi connectivity index (χ3n) is 7.51. The topological polar surface area (TPSA) is 69.0 Å². The number of hydrogen-bond acceptors (Lipinski definition) is 5. The molecule has 4 aliphatic rings. The van der Waals surface area contributed by atoms with Gasteiger partial charge in [-0.3, -0.25) is 4.79 Å². The van der Waals surface area contributed by atoms with Crippen molar-refractivity contribution in [2.45, 2.75) is 63.6 Å². The maximum absolute atomic E-state index is 12.4. The predicted octanol–water partition coefficient (Wildman–Crippen LogP) is 4.80. The number of aromatic nitrogens is 3. The van der Waals surface area contributed by atoms with Crippen LogP contribution in [0.5, 0.6) is 5.75 Å². The molecule has 0 radical (unpaired) electrons. The number of carbonyl (C=O) groups excluding carboxylic acids is 1. The van der Waals surface area contributed by atoms with Gasteiger partial charge >= 0.3 is 0 Å². The van der Waals surface area contributed by atoms with Gasteiger partial charge in [0.1, 0.15) is 11.6 Å². The zero-order chi connectivity index (χ0) is 21.4. The number of methoxy groups -OCH3 is 1. The molecule has 0 atom stereocenters. The Kier molecular flexibility index (Phi) is 5.71. The van der Waals surface area contributed by atoms with Crippen LogP contribution in [0.2, 0.25) is 0 Å². The predicted molar refractivity (Wildman–Crippen MR) is 122 cm³/mol. The summed E-state index contributed by atoms with van der Waals surface area (Å²) in [5.41, 5.74) is 1.22. The molecule has 4 saturated carbocycles. The molecule has 0 aliphatic heterocycles. The summed E-state index contributed by atoms with van der Waals surface area (Å²) in [7, 11) is 1.63. The van der Waals surface area contributed by atoms with Crippen LogP contribution in [0.15, 0.2) is 29.4 Å². The first-order valence-electron chi connectivity index (χ1n) is 11.5. The van der Waals surface area contributed by atoms with Gasteiger partial charge in [-0.2, -0.15) is 0 Å². The minimum Gasteiger partial charge on any atom is -0.497 e. The van der Waals surface area contributed by atoms with Gasteiger partial charge in [-0.05, 0) is 92.9 Å². The second-order valence-electron chi connectivity index (χ2n) is 9.80. The molecule has 1 aromatic carbocycles. The molecule has 166 valence electrons. The molecule has 1 heterocycles. The van der Waals surface area contributed by atoms with Crippen LogP contribution in [0.3, 0.4) is 0 Å². The molecule has 4 aliphatic carbocycles. The Hall–Kier alpha value is -2.02. The van der Waals surface area contributed by atoms with Crippen molar-refractivity contribution in [3.05, 3.63) is 30.1 Å². The van der Waals surface area contributed by atoms with Crippen molar-refractivity contribution in [2.24, 2.45) is 23.2 Å². The standard InChI is InChI=1S/C24H32N4O2S/c1-3-28-21(14-24-11-16-8-17(12-24)10-18(9-16)13-24)26-27-23(28)31-15-22(29)25-19-4-6-20(30-2)7-5-19/h4-7,16-18H,3,8-15H2,1-2H3,(H,25,29). The molecule has 0 unspecified atom stereocenters. The fraction of sp³-hybridized carbons (Fsp3) is 0.625. The lowest BCUT2D eigenvalue weighted by molar-refractivity contribution is -0.113. The highest BCUT2D eigenvalue weighted by Gasteiger charge is 2.51. The molecule has 1 N–H and O–H groups in total. The van der Waals surface area contributed by atoms with E-state index in [-0.39, 0.29) is 5.91 Å². The van der Waals surface area contributed by atoms with Gasteiger partial charge in [0.05, 0.1) is 12.9 Å². The average Bonchev–Trinajstić information content (AvgIpc) is 3.12. The van der Waals surface area contributed by atoms with Crippen molar-refractivity contribution in [1.29, 1.82) is 0 Å². The monoisotopic (exact) mass is 440 g/mol. The first-order chi connectivity index (χ1) is 15.1. The molecule has 0 spiro atoms. The maximum atomic E-state index is 12.4. The van der Waals surface area contributed by atoms with Crippen LogP contribution in [0.25, 0.3) is 0 Å². The second kappa shape index (κ2) is 8.49. The van der Waals surface area contributed by atoms with Crippen LogP contribution in [0, 0.1) is 23.2 Å². The Bertz CT molecular complexity index is 904. The van der Waals surface area contributed by atoms with Gasteiger partial charge in [0, 0.05) is 18.7 Å². The summed E-state index contributed by atoms with van der Waals surface area (Å²) in [4.78, 5) is 12.4. The fourth-order valence-corrected chi connectivity index (χ4v) is 7.54. The number of amides is 1. The third-order valence-corrected chi connectivity index (χ3v) is 8.48. The quantitative estimate of drug-likeness (QED) is 0.598. The van der Waals surface area contributed by atoms with Crippen LogP contribution in [-0.2, 0) is 17.8 Å². The van der Waals surface area contributed by atoms with Gasteiger partial charge in [0.15, 0.2) is 5.16 Å². The van der Waals surface area contributed by atoms with E-state index >= 15 is 0 Å². The summed E-state index contributed by atoms with van der Waals surface area (Å²) in [6.07, 6.45) is 9.57. The number of ether oxygens (including phenoxy) is 1. The number of rotatable bonds is 8. The Balaban J connectivity index is 1.21. The van der Waals surface area contributed by atoms with Crippen molar-refractivity contribution in [3.8, 4) is 5.75 Å². The van der Waals surface area contributed by atoms with Gasteiger partial charge in [0.2, 0.25) is 5.91 Å². The number of benzene rings is 1. The average molecular weight is 441 g/mol. The second-order valence-corrected chi connectivity index (χ2v) is 10.7. The fourth-order valence-electron chi connectivity index (χ4n) is 6.72. The molecule has 31 heavy (non-hydrogen) atoms. The number of hydrogen-bond donors (Lipinski definition) is 1. The molecule has 4 fully saturated rings. The van der Waals surface area contributed by atoms with E-state index in [0.717, 1.165) is 53.1 Å². The van der Waals surface area contributed by atoms with Crippen molar-refractivity contribution >= 4 is 23.4 Å². The molecule has 1 aromatic heterocycles. The Morgan fingerprint density at radius 2 is 1.77 bits per heavy atom. The molecular weight excluding hydrogens is 408 g/mol. The first-order valence-corrected chi connectivity index (χ1v) is 12.5. The number of nitrogens with zero attached hydrogens (tertiary/aromatic N) is 3. The Morgan fingerprint density at radius 3 is 2.35 bits per heavy atom. The van der Waals surface area contributed by atoms with Crippen LogP contribution < -0.4 is 10.1 Å². The summed E-state index contributed by atoms with van der Waals surface area (Å²) < 4.78 is 7.39. The minimum atomic E-state index is -0.0385. The lowest BCUT2D eigenvalue weighted by Crippen LogP contribution is -2.47. The summed E-state index contributed by atoms with van der Waals surface area (Å²) in [5, 5.41) is 12.8. The van der Waals surface area contributed by atoms with Crippen LogP contribution in [-0.4, -0.2) is 33.5 Å². The summed E-state index contributed by atoms with van der Waals surface area (Å²) >= 11 is 1.47. The van der Waals surface area contributed by atoms with Gasteiger partial charge < -0.3 is 14.6 Å². The highest BCUT2D eigenvalue weighted by Crippen LogP contribution is 2.61. The lowest BCUT2D eigenvalue weighted by Gasteiger charge is -2.56. The van der Waals surface area contributed by atoms with Gasteiger partial charge in [-0.1, -0.05) is 11.8 Å². The van der Waals surface area contributed by atoms with E-state index < -0.39 is 0 Å². The highest BCUT2D eigenvalue weighted by atomic mass is 32.2. The highest BCUT2D eigenvalue weighted by molar-refractivity contribution is 7.99. The number of carbonyl (C=O) groups is 1. The van der Waals surface area contributed by atoms with E-state index in [2.05, 4.69) is 27.0 Å². The Labute approximate surface area is 188 Å². The van der Waals surface area contributed by atoms with Crippen LogP contribution in [0.1, 0.15) is 51.3 Å². The van der Waals surface area contributed by atoms with Gasteiger partial charge in [-0.25, -0.2) is 0 Å². The molecule has 2 aromatic rings. The SMILES string of the molecule is CCn1c(CC23CC4CC(CC(C4)C2)C3)nnc1SCC(=O)Nc1ccc(OC)cc1. The zero-order valence-electron chi connectivity index (χ0n) is 18.5. The summed E-state index contributed by atoms with van der Waals surface area (Å²) in [6, 6.07) is 7.37. The van der Waals surface area contributed by atoms with Crippen molar-refractivity contribution in [2.75, 3.05) is 18.2 Å². The van der Waals surface area contributed by atoms with Gasteiger partial charge in [-0.15, -0.1) is 10.2 Å². The minimum absolute atomic E-state index is 0.0385. The molecule has 7 heteroatoms. The largest absolute Gasteiger partial charge is 0.497 e. The third kappa shape index (κ3) is 4.34. The van der Waals surface area contributed by atoms with E-state index in [1.807, 2.05) is 24.3 Å². The number of thioether (sulfide) groups is 1. The maximum Gasteiger partial charge on any atom is 0.234 e. The molecule has 1 amide bonds. The van der Waals surface area contributed by atoms with Crippen LogP contribution >= 0.6 is 11.8 Å². The van der Waals surface area contributed by atoms with Crippen molar-refractivity contribution < 1.29 is 9.53 Å². The normalized spacial score (nSPS) is 28.6. The van der Waals surface area contributed by atoms with E-state index in [1.165, 1.54) is 50.3 Å². The molecule has 6 nitrogen and oxygen atoms in total.